The predicted molar refractivity (Wildman–Crippen MR) is 125 cm³/mol. The monoisotopic (exact) mass is 445 g/mol. The van der Waals surface area contributed by atoms with Crippen molar-refractivity contribution in [3.63, 3.8) is 0 Å². The van der Waals surface area contributed by atoms with Gasteiger partial charge >= 0.3 is 0 Å². The Kier molecular flexibility index (Phi) is 6.27. The van der Waals surface area contributed by atoms with Crippen LogP contribution in [0.2, 0.25) is 0 Å². The van der Waals surface area contributed by atoms with E-state index in [-0.39, 0.29) is 6.04 Å². The Morgan fingerprint density at radius 1 is 1.12 bits per heavy atom. The Balaban J connectivity index is 1.26. The van der Waals surface area contributed by atoms with Crippen molar-refractivity contribution in [2.75, 3.05) is 18.1 Å². The van der Waals surface area contributed by atoms with Crippen molar-refractivity contribution in [2.24, 2.45) is 0 Å². The second kappa shape index (κ2) is 9.81. The number of anilines is 1. The summed E-state index contributed by atoms with van der Waals surface area (Å²) in [5, 5.41) is 0. The van der Waals surface area contributed by atoms with Gasteiger partial charge in [-0.05, 0) is 44.6 Å². The number of rotatable bonds is 10. The van der Waals surface area contributed by atoms with Gasteiger partial charge in [-0.3, -0.25) is 4.79 Å². The molecule has 0 amide bonds. The number of H-pyrrole nitrogens is 2. The van der Waals surface area contributed by atoms with E-state index in [2.05, 4.69) is 34.8 Å². The highest BCUT2D eigenvalue weighted by Gasteiger charge is 2.28. The molecule has 1 aliphatic rings. The first-order valence-electron chi connectivity index (χ1n) is 11.4. The van der Waals surface area contributed by atoms with Crippen LogP contribution in [0.1, 0.15) is 47.3 Å². The van der Waals surface area contributed by atoms with Crippen LogP contribution >= 0.6 is 0 Å². The zero-order chi connectivity index (χ0) is 22.5. The number of fused-ring (bicyclic) bond motifs is 1. The van der Waals surface area contributed by atoms with Crippen molar-refractivity contribution < 1.29 is 9.53 Å². The van der Waals surface area contributed by atoms with E-state index in [0.717, 1.165) is 79.7 Å². The standard InChI is InChI=1S/C24H27N7O2/c32-12-17-5-3-9-21(20(17)8-2-1-6-18-11-25-14-26-18)33-13-19-7-4-10-31(19)24-22-23(28-15-27-22)29-16-30-24/h3,5,9,11-12,14-16,19H,1-2,4,6-8,10,13H2,(H,25,26)(H,27,28,29,30). The number of aldehydes is 1. The number of unbranched alkanes of at least 4 members (excludes halogenated alkanes) is 1. The second-order valence-electron chi connectivity index (χ2n) is 8.32. The van der Waals surface area contributed by atoms with Crippen LogP contribution < -0.4 is 9.64 Å². The van der Waals surface area contributed by atoms with Gasteiger partial charge in [-0.2, -0.15) is 0 Å². The number of nitrogens with one attached hydrogen (secondary N) is 2. The second-order valence-corrected chi connectivity index (χ2v) is 8.32. The summed E-state index contributed by atoms with van der Waals surface area (Å²) in [6.07, 6.45) is 13.5. The molecule has 4 aromatic rings. The van der Waals surface area contributed by atoms with Crippen LogP contribution in [0.4, 0.5) is 5.82 Å². The van der Waals surface area contributed by atoms with Crippen molar-refractivity contribution in [1.82, 2.24) is 29.9 Å². The van der Waals surface area contributed by atoms with Crippen LogP contribution in [0, 0.1) is 0 Å². The number of benzene rings is 1. The first-order valence-corrected chi connectivity index (χ1v) is 11.4. The Morgan fingerprint density at radius 3 is 2.94 bits per heavy atom. The van der Waals surface area contributed by atoms with E-state index >= 15 is 0 Å². The molecule has 1 unspecified atom stereocenters. The number of carbonyl (C=O) groups is 1. The fourth-order valence-electron chi connectivity index (χ4n) is 4.58. The SMILES string of the molecule is O=Cc1cccc(OCC2CCCN2c2ncnc3nc[nH]c23)c1CCCCc1cnc[nH]1. The molecule has 2 N–H and O–H groups in total. The summed E-state index contributed by atoms with van der Waals surface area (Å²) in [5.74, 6) is 1.66. The molecule has 1 aromatic carbocycles. The van der Waals surface area contributed by atoms with Crippen LogP contribution in [-0.2, 0) is 12.8 Å². The molecule has 1 aliphatic heterocycles. The number of carbonyl (C=O) groups excluding carboxylic acids is 1. The zero-order valence-corrected chi connectivity index (χ0v) is 18.4. The molecular formula is C24H27N7O2. The third-order valence-corrected chi connectivity index (χ3v) is 6.26. The van der Waals surface area contributed by atoms with Crippen molar-refractivity contribution >= 4 is 23.3 Å². The molecule has 1 saturated heterocycles. The Bertz CT molecular complexity index is 1200. The summed E-state index contributed by atoms with van der Waals surface area (Å²) in [6, 6.07) is 5.91. The molecule has 9 nitrogen and oxygen atoms in total. The lowest BCUT2D eigenvalue weighted by atomic mass is 10.0. The minimum absolute atomic E-state index is 0.194. The van der Waals surface area contributed by atoms with Gasteiger partial charge in [0.2, 0.25) is 0 Å². The van der Waals surface area contributed by atoms with E-state index in [4.69, 9.17) is 4.74 Å². The summed E-state index contributed by atoms with van der Waals surface area (Å²) in [6.45, 7) is 1.44. The fourth-order valence-corrected chi connectivity index (χ4v) is 4.58. The average molecular weight is 446 g/mol. The molecule has 1 atom stereocenters. The maximum Gasteiger partial charge on any atom is 0.182 e. The maximum atomic E-state index is 11.7. The summed E-state index contributed by atoms with van der Waals surface area (Å²) in [5.41, 5.74) is 4.34. The molecule has 4 heterocycles. The normalized spacial score (nSPS) is 15.9. The van der Waals surface area contributed by atoms with Gasteiger partial charge in [0, 0.05) is 29.6 Å². The van der Waals surface area contributed by atoms with Crippen molar-refractivity contribution in [2.45, 2.75) is 44.6 Å². The Hall–Kier alpha value is -3.75. The van der Waals surface area contributed by atoms with Gasteiger partial charge in [-0.25, -0.2) is 19.9 Å². The van der Waals surface area contributed by atoms with E-state index in [9.17, 15) is 4.79 Å². The highest BCUT2D eigenvalue weighted by Crippen LogP contribution is 2.30. The van der Waals surface area contributed by atoms with Crippen LogP contribution in [0.5, 0.6) is 5.75 Å². The highest BCUT2D eigenvalue weighted by atomic mass is 16.5. The van der Waals surface area contributed by atoms with Gasteiger partial charge < -0.3 is 19.6 Å². The van der Waals surface area contributed by atoms with Crippen molar-refractivity contribution in [1.29, 1.82) is 0 Å². The maximum absolute atomic E-state index is 11.7. The van der Waals surface area contributed by atoms with Gasteiger partial charge in [0.1, 0.15) is 30.5 Å². The van der Waals surface area contributed by atoms with E-state index in [0.29, 0.717) is 17.8 Å². The number of ether oxygens (including phenoxy) is 1. The lowest BCUT2D eigenvalue weighted by Crippen LogP contribution is -2.35. The number of aromatic amines is 2. The number of hydrogen-bond acceptors (Lipinski definition) is 7. The smallest absolute Gasteiger partial charge is 0.182 e. The van der Waals surface area contributed by atoms with E-state index in [1.165, 1.54) is 0 Å². The zero-order valence-electron chi connectivity index (χ0n) is 18.4. The van der Waals surface area contributed by atoms with E-state index in [1.54, 1.807) is 19.0 Å². The van der Waals surface area contributed by atoms with Gasteiger partial charge in [0.05, 0.1) is 18.7 Å². The highest BCUT2D eigenvalue weighted by molar-refractivity contribution is 5.83. The molecule has 0 radical (unpaired) electrons. The van der Waals surface area contributed by atoms with Gasteiger partial charge in [0.25, 0.3) is 0 Å². The molecule has 0 bridgehead atoms. The molecule has 170 valence electrons. The minimum atomic E-state index is 0.194. The molecule has 1 fully saturated rings. The average Bonchev–Trinajstić information content (AvgIpc) is 3.62. The largest absolute Gasteiger partial charge is 0.491 e. The molecular weight excluding hydrogens is 418 g/mol. The predicted octanol–water partition coefficient (Wildman–Crippen LogP) is 3.50. The number of nitrogens with zero attached hydrogens (tertiary/aromatic N) is 5. The topological polar surface area (TPSA) is 113 Å². The number of imidazole rings is 2. The van der Waals surface area contributed by atoms with E-state index < -0.39 is 0 Å². The molecule has 5 rings (SSSR count). The summed E-state index contributed by atoms with van der Waals surface area (Å²) in [7, 11) is 0. The van der Waals surface area contributed by atoms with E-state index in [1.807, 2.05) is 24.4 Å². The number of aromatic nitrogens is 6. The van der Waals surface area contributed by atoms with Crippen molar-refractivity contribution in [3.8, 4) is 5.75 Å². The lowest BCUT2D eigenvalue weighted by Gasteiger charge is -2.26. The Labute approximate surface area is 191 Å². The van der Waals surface area contributed by atoms with Crippen LogP contribution in [-0.4, -0.2) is 55.4 Å². The van der Waals surface area contributed by atoms with Crippen molar-refractivity contribution in [3.05, 3.63) is 60.2 Å². The summed E-state index contributed by atoms with van der Waals surface area (Å²) >= 11 is 0. The lowest BCUT2D eigenvalue weighted by molar-refractivity contribution is 0.112. The van der Waals surface area contributed by atoms with Gasteiger partial charge in [0.15, 0.2) is 11.5 Å². The summed E-state index contributed by atoms with van der Waals surface area (Å²) < 4.78 is 6.33. The van der Waals surface area contributed by atoms with Crippen LogP contribution in [0.15, 0.2) is 43.4 Å². The molecule has 0 saturated carbocycles. The molecule has 0 spiro atoms. The molecule has 9 heteroatoms. The van der Waals surface area contributed by atoms with Gasteiger partial charge in [-0.15, -0.1) is 0 Å². The summed E-state index contributed by atoms with van der Waals surface area (Å²) in [4.78, 5) is 37.3. The minimum Gasteiger partial charge on any atom is -0.491 e. The first kappa shape index (κ1) is 21.1. The first-order chi connectivity index (χ1) is 16.3. The Morgan fingerprint density at radius 2 is 2.06 bits per heavy atom. The fraction of sp³-hybridized carbons (Fsp3) is 0.375. The third-order valence-electron chi connectivity index (χ3n) is 6.26. The molecule has 0 aliphatic carbocycles. The third kappa shape index (κ3) is 4.57. The molecule has 33 heavy (non-hydrogen) atoms. The number of hydrogen-bond donors (Lipinski definition) is 2. The number of aryl methyl sites for hydroxylation is 1. The quantitative estimate of drug-likeness (QED) is 0.284. The van der Waals surface area contributed by atoms with Crippen LogP contribution in [0.3, 0.4) is 0 Å². The molecule has 3 aromatic heterocycles. The van der Waals surface area contributed by atoms with Crippen LogP contribution in [0.25, 0.3) is 11.2 Å². The van der Waals surface area contributed by atoms with Gasteiger partial charge in [-0.1, -0.05) is 12.1 Å².